The standard InChI is InChI=1S/C14H21BrN2O2S/c1-10-3-2-4-12(7-10)17-20(18,19)14-6-5-11(9-16)8-13(14)15/h5-6,8,10,12,17H,2-4,7,9,16H2,1H3. The molecule has 0 bridgehead atoms. The first-order valence-corrected chi connectivity index (χ1v) is 9.21. The van der Waals surface area contributed by atoms with Crippen molar-refractivity contribution in [3.8, 4) is 0 Å². The zero-order chi connectivity index (χ0) is 14.8. The van der Waals surface area contributed by atoms with Gasteiger partial charge < -0.3 is 5.73 Å². The Hall–Kier alpha value is -0.430. The summed E-state index contributed by atoms with van der Waals surface area (Å²) >= 11 is 3.33. The van der Waals surface area contributed by atoms with Crippen LogP contribution < -0.4 is 10.5 Å². The molecule has 1 aliphatic rings. The Kier molecular flexibility index (Phi) is 5.23. The molecule has 0 spiro atoms. The van der Waals surface area contributed by atoms with Crippen molar-refractivity contribution < 1.29 is 8.42 Å². The molecule has 3 N–H and O–H groups in total. The summed E-state index contributed by atoms with van der Waals surface area (Å²) in [6.45, 7) is 2.57. The first kappa shape index (κ1) is 15.9. The van der Waals surface area contributed by atoms with Crippen LogP contribution in [0.25, 0.3) is 0 Å². The number of hydrogen-bond donors (Lipinski definition) is 2. The molecule has 0 amide bonds. The van der Waals surface area contributed by atoms with E-state index in [2.05, 4.69) is 27.6 Å². The van der Waals surface area contributed by atoms with Crippen LogP contribution in [0.3, 0.4) is 0 Å². The fourth-order valence-electron chi connectivity index (χ4n) is 2.71. The summed E-state index contributed by atoms with van der Waals surface area (Å²) in [4.78, 5) is 0.285. The van der Waals surface area contributed by atoms with Gasteiger partial charge in [0.25, 0.3) is 0 Å². The topological polar surface area (TPSA) is 72.2 Å². The van der Waals surface area contributed by atoms with Crippen molar-refractivity contribution in [2.75, 3.05) is 0 Å². The molecule has 1 aromatic carbocycles. The number of hydrogen-bond acceptors (Lipinski definition) is 3. The van der Waals surface area contributed by atoms with E-state index < -0.39 is 10.0 Å². The fraction of sp³-hybridized carbons (Fsp3) is 0.571. The van der Waals surface area contributed by atoms with E-state index >= 15 is 0 Å². The molecule has 2 unspecified atom stereocenters. The fourth-order valence-corrected chi connectivity index (χ4v) is 5.12. The Bertz CT molecular complexity index is 575. The molecule has 4 nitrogen and oxygen atoms in total. The van der Waals surface area contributed by atoms with Crippen LogP contribution in [-0.4, -0.2) is 14.5 Å². The van der Waals surface area contributed by atoms with E-state index in [1.807, 2.05) is 0 Å². The lowest BCUT2D eigenvalue weighted by Crippen LogP contribution is -2.38. The predicted molar refractivity (Wildman–Crippen MR) is 83.8 cm³/mol. The van der Waals surface area contributed by atoms with Gasteiger partial charge in [0.2, 0.25) is 10.0 Å². The molecule has 0 radical (unpaired) electrons. The molecule has 2 rings (SSSR count). The minimum atomic E-state index is -3.48. The summed E-state index contributed by atoms with van der Waals surface area (Å²) in [5.41, 5.74) is 6.46. The summed E-state index contributed by atoms with van der Waals surface area (Å²) in [5.74, 6) is 0.583. The average molecular weight is 361 g/mol. The molecule has 1 aromatic rings. The number of rotatable bonds is 4. The van der Waals surface area contributed by atoms with E-state index in [9.17, 15) is 8.42 Å². The average Bonchev–Trinajstić information content (AvgIpc) is 2.37. The summed E-state index contributed by atoms with van der Waals surface area (Å²) in [7, 11) is -3.48. The van der Waals surface area contributed by atoms with Crippen LogP contribution in [-0.2, 0) is 16.6 Å². The highest BCUT2D eigenvalue weighted by Crippen LogP contribution is 2.27. The van der Waals surface area contributed by atoms with E-state index in [-0.39, 0.29) is 10.9 Å². The molecule has 1 fully saturated rings. The van der Waals surface area contributed by atoms with Gasteiger partial charge in [0.05, 0.1) is 4.90 Å². The van der Waals surface area contributed by atoms with Crippen molar-refractivity contribution in [1.29, 1.82) is 0 Å². The maximum Gasteiger partial charge on any atom is 0.241 e. The van der Waals surface area contributed by atoms with Gasteiger partial charge in [-0.3, -0.25) is 0 Å². The molecule has 2 atom stereocenters. The Balaban J connectivity index is 2.17. The van der Waals surface area contributed by atoms with Crippen molar-refractivity contribution in [1.82, 2.24) is 4.72 Å². The van der Waals surface area contributed by atoms with E-state index in [0.717, 1.165) is 24.8 Å². The Morgan fingerprint density at radius 3 is 2.75 bits per heavy atom. The van der Waals surface area contributed by atoms with Crippen LogP contribution in [0, 0.1) is 5.92 Å². The second-order valence-corrected chi connectivity index (χ2v) is 8.10. The van der Waals surface area contributed by atoms with Gasteiger partial charge in [-0.15, -0.1) is 0 Å². The second-order valence-electron chi connectivity index (χ2n) is 5.56. The van der Waals surface area contributed by atoms with Gasteiger partial charge in [0.1, 0.15) is 0 Å². The summed E-state index contributed by atoms with van der Waals surface area (Å²) in [6, 6.07) is 5.17. The third-order valence-corrected chi connectivity index (χ3v) is 6.28. The van der Waals surface area contributed by atoms with Gasteiger partial charge in [0, 0.05) is 17.1 Å². The van der Waals surface area contributed by atoms with Crippen LogP contribution in [0.2, 0.25) is 0 Å². The lowest BCUT2D eigenvalue weighted by atomic mass is 9.88. The second kappa shape index (κ2) is 6.56. The first-order chi connectivity index (χ1) is 9.42. The third kappa shape index (κ3) is 3.81. The number of nitrogens with two attached hydrogens (primary N) is 1. The third-order valence-electron chi connectivity index (χ3n) is 3.78. The lowest BCUT2D eigenvalue weighted by molar-refractivity contribution is 0.327. The minimum absolute atomic E-state index is 0.0461. The van der Waals surface area contributed by atoms with Gasteiger partial charge in [-0.2, -0.15) is 0 Å². The van der Waals surface area contributed by atoms with Crippen molar-refractivity contribution in [3.05, 3.63) is 28.2 Å². The SMILES string of the molecule is CC1CCCC(NS(=O)(=O)c2ccc(CN)cc2Br)C1. The van der Waals surface area contributed by atoms with Crippen LogP contribution in [0.4, 0.5) is 0 Å². The van der Waals surface area contributed by atoms with Crippen molar-refractivity contribution in [2.45, 2.75) is 50.1 Å². The van der Waals surface area contributed by atoms with E-state index in [4.69, 9.17) is 5.73 Å². The largest absolute Gasteiger partial charge is 0.326 e. The monoisotopic (exact) mass is 360 g/mol. The van der Waals surface area contributed by atoms with Crippen LogP contribution in [0.5, 0.6) is 0 Å². The highest BCUT2D eigenvalue weighted by molar-refractivity contribution is 9.10. The predicted octanol–water partition coefficient (Wildman–Crippen LogP) is 2.76. The molecule has 1 aliphatic carbocycles. The van der Waals surface area contributed by atoms with E-state index in [0.29, 0.717) is 16.9 Å². The summed E-state index contributed by atoms with van der Waals surface area (Å²) in [5, 5.41) is 0. The maximum absolute atomic E-state index is 12.5. The van der Waals surface area contributed by atoms with Gasteiger partial charge in [-0.05, 0) is 52.4 Å². The van der Waals surface area contributed by atoms with Gasteiger partial charge in [-0.25, -0.2) is 13.1 Å². The molecule has 20 heavy (non-hydrogen) atoms. The molecule has 6 heteroatoms. The van der Waals surface area contributed by atoms with Crippen molar-refractivity contribution in [2.24, 2.45) is 11.7 Å². The molecular weight excluding hydrogens is 340 g/mol. The van der Waals surface area contributed by atoms with Crippen molar-refractivity contribution in [3.63, 3.8) is 0 Å². The summed E-state index contributed by atoms with van der Waals surface area (Å²) in [6.07, 6.45) is 4.11. The molecule has 0 aromatic heterocycles. The van der Waals surface area contributed by atoms with E-state index in [1.54, 1.807) is 18.2 Å². The smallest absolute Gasteiger partial charge is 0.241 e. The normalized spacial score (nSPS) is 23.8. The first-order valence-electron chi connectivity index (χ1n) is 6.93. The van der Waals surface area contributed by atoms with Gasteiger partial charge in [0.15, 0.2) is 0 Å². The highest BCUT2D eigenvalue weighted by atomic mass is 79.9. The lowest BCUT2D eigenvalue weighted by Gasteiger charge is -2.27. The van der Waals surface area contributed by atoms with E-state index in [1.165, 1.54) is 6.42 Å². The zero-order valence-electron chi connectivity index (χ0n) is 11.6. The number of benzene rings is 1. The van der Waals surface area contributed by atoms with Crippen LogP contribution in [0.15, 0.2) is 27.6 Å². The maximum atomic E-state index is 12.5. The Morgan fingerprint density at radius 2 is 2.15 bits per heavy atom. The highest BCUT2D eigenvalue weighted by Gasteiger charge is 2.25. The molecule has 0 heterocycles. The quantitative estimate of drug-likeness (QED) is 0.866. The molecule has 0 saturated heterocycles. The zero-order valence-corrected chi connectivity index (χ0v) is 14.0. The number of halogens is 1. The van der Waals surface area contributed by atoms with Crippen LogP contribution in [0.1, 0.15) is 38.2 Å². The van der Waals surface area contributed by atoms with Gasteiger partial charge >= 0.3 is 0 Å². The summed E-state index contributed by atoms with van der Waals surface area (Å²) < 4.78 is 28.3. The molecule has 1 saturated carbocycles. The van der Waals surface area contributed by atoms with Gasteiger partial charge in [-0.1, -0.05) is 25.8 Å². The molecule has 112 valence electrons. The minimum Gasteiger partial charge on any atom is -0.326 e. The van der Waals surface area contributed by atoms with Crippen LogP contribution >= 0.6 is 15.9 Å². The number of nitrogens with one attached hydrogen (secondary N) is 1. The van der Waals surface area contributed by atoms with Crippen molar-refractivity contribution >= 4 is 26.0 Å². The number of sulfonamides is 1. The molecule has 0 aliphatic heterocycles. The molecular formula is C14H21BrN2O2S. The Morgan fingerprint density at radius 1 is 1.40 bits per heavy atom. The Labute approximate surface area is 129 Å².